The zero-order chi connectivity index (χ0) is 17.8. The lowest BCUT2D eigenvalue weighted by atomic mass is 9.91. The lowest BCUT2D eigenvalue weighted by Gasteiger charge is -2.37. The van der Waals surface area contributed by atoms with Gasteiger partial charge in [-0.05, 0) is 56.1 Å². The maximum absolute atomic E-state index is 11.3. The molecule has 1 unspecified atom stereocenters. The minimum atomic E-state index is -0.673. The van der Waals surface area contributed by atoms with Crippen LogP contribution in [0.1, 0.15) is 35.6 Å². The molecule has 0 aliphatic carbocycles. The summed E-state index contributed by atoms with van der Waals surface area (Å²) in [6.07, 6.45) is 1.39. The summed E-state index contributed by atoms with van der Waals surface area (Å²) in [6.45, 7) is 3.65. The van der Waals surface area contributed by atoms with Crippen molar-refractivity contribution < 1.29 is 14.6 Å². The maximum Gasteiger partial charge on any atom is 0.306 e. The quantitative estimate of drug-likeness (QED) is 0.898. The first kappa shape index (κ1) is 17.5. The number of methoxy groups -OCH3 is 1. The van der Waals surface area contributed by atoms with E-state index in [-0.39, 0.29) is 12.0 Å². The third-order valence-corrected chi connectivity index (χ3v) is 5.05. The molecule has 1 fully saturated rings. The van der Waals surface area contributed by atoms with E-state index in [9.17, 15) is 9.90 Å². The number of carboxylic acid groups (broad SMARTS) is 1. The lowest BCUT2D eigenvalue weighted by Crippen LogP contribution is -2.39. The average Bonchev–Trinajstić information content (AvgIpc) is 2.64. The molecule has 0 saturated carbocycles. The first-order valence-corrected chi connectivity index (χ1v) is 8.76. The second-order valence-corrected chi connectivity index (χ2v) is 6.74. The molecule has 132 valence electrons. The number of piperidine rings is 1. The molecule has 0 bridgehead atoms. The summed E-state index contributed by atoms with van der Waals surface area (Å²) >= 11 is 0. The summed E-state index contributed by atoms with van der Waals surface area (Å²) in [5.74, 6) is -0.0526. The normalized spacial score (nSPS) is 17.2. The number of benzene rings is 2. The van der Waals surface area contributed by atoms with Crippen molar-refractivity contribution in [3.8, 4) is 5.75 Å². The van der Waals surface area contributed by atoms with Crippen molar-refractivity contribution in [1.82, 2.24) is 4.90 Å². The minimum Gasteiger partial charge on any atom is -0.497 e. The summed E-state index contributed by atoms with van der Waals surface area (Å²) in [5.41, 5.74) is 3.64. The Morgan fingerprint density at radius 2 is 1.80 bits per heavy atom. The Bertz CT molecular complexity index is 718. The zero-order valence-corrected chi connectivity index (χ0v) is 14.8. The van der Waals surface area contributed by atoms with Crippen LogP contribution >= 0.6 is 0 Å². The first-order valence-electron chi connectivity index (χ1n) is 8.76. The molecule has 4 heteroatoms. The van der Waals surface area contributed by atoms with Crippen LogP contribution in [0.5, 0.6) is 5.75 Å². The van der Waals surface area contributed by atoms with Gasteiger partial charge in [-0.15, -0.1) is 0 Å². The zero-order valence-electron chi connectivity index (χ0n) is 14.8. The highest BCUT2D eigenvalue weighted by molar-refractivity contribution is 5.70. The molecule has 2 aromatic rings. The number of likely N-dealkylation sites (tertiary alicyclic amines) is 1. The van der Waals surface area contributed by atoms with Gasteiger partial charge in [-0.25, -0.2) is 0 Å². The van der Waals surface area contributed by atoms with E-state index in [1.54, 1.807) is 7.11 Å². The minimum absolute atomic E-state index is 0.116. The molecule has 1 atom stereocenters. The molecule has 3 rings (SSSR count). The molecular weight excluding hydrogens is 314 g/mol. The molecule has 1 heterocycles. The third-order valence-electron chi connectivity index (χ3n) is 5.05. The third kappa shape index (κ3) is 4.02. The van der Waals surface area contributed by atoms with Gasteiger partial charge in [0.1, 0.15) is 5.75 Å². The second kappa shape index (κ2) is 7.70. The predicted molar refractivity (Wildman–Crippen MR) is 97.9 cm³/mol. The molecule has 0 radical (unpaired) electrons. The highest BCUT2D eigenvalue weighted by Gasteiger charge is 2.30. The fourth-order valence-corrected chi connectivity index (χ4v) is 3.58. The number of hydrogen-bond donors (Lipinski definition) is 1. The van der Waals surface area contributed by atoms with Gasteiger partial charge < -0.3 is 9.84 Å². The van der Waals surface area contributed by atoms with Crippen molar-refractivity contribution in [3.05, 3.63) is 65.2 Å². The van der Waals surface area contributed by atoms with E-state index >= 15 is 0 Å². The topological polar surface area (TPSA) is 49.8 Å². The van der Waals surface area contributed by atoms with Crippen molar-refractivity contribution in [2.45, 2.75) is 25.8 Å². The number of aryl methyl sites for hydroxylation is 1. The highest BCUT2D eigenvalue weighted by Crippen LogP contribution is 2.34. The number of carboxylic acids is 1. The molecular formula is C21H25NO3. The van der Waals surface area contributed by atoms with Gasteiger partial charge in [-0.3, -0.25) is 9.69 Å². The molecule has 1 aliphatic rings. The fourth-order valence-electron chi connectivity index (χ4n) is 3.58. The standard InChI is InChI=1S/C21H25NO3/c1-15-6-8-16(9-7-15)20(18-4-3-5-19(14-18)25-2)22-12-10-17(11-13-22)21(23)24/h3-9,14,17,20H,10-13H2,1-2H3,(H,23,24). The van der Waals surface area contributed by atoms with E-state index in [4.69, 9.17) is 4.74 Å². The van der Waals surface area contributed by atoms with Crippen molar-refractivity contribution in [2.75, 3.05) is 20.2 Å². The maximum atomic E-state index is 11.3. The van der Waals surface area contributed by atoms with Crippen LogP contribution in [0.25, 0.3) is 0 Å². The predicted octanol–water partition coefficient (Wildman–Crippen LogP) is 3.89. The highest BCUT2D eigenvalue weighted by atomic mass is 16.5. The number of ether oxygens (including phenoxy) is 1. The van der Waals surface area contributed by atoms with Crippen molar-refractivity contribution in [3.63, 3.8) is 0 Å². The summed E-state index contributed by atoms with van der Waals surface area (Å²) < 4.78 is 5.40. The van der Waals surface area contributed by atoms with Gasteiger partial charge in [-0.1, -0.05) is 42.0 Å². The van der Waals surface area contributed by atoms with Crippen LogP contribution in [-0.2, 0) is 4.79 Å². The molecule has 2 aromatic carbocycles. The Morgan fingerprint density at radius 1 is 1.12 bits per heavy atom. The van der Waals surface area contributed by atoms with Crippen LogP contribution in [0.4, 0.5) is 0 Å². The molecule has 1 aliphatic heterocycles. The Labute approximate surface area is 149 Å². The van der Waals surface area contributed by atoms with E-state index < -0.39 is 5.97 Å². The number of rotatable bonds is 5. The number of hydrogen-bond acceptors (Lipinski definition) is 3. The summed E-state index contributed by atoms with van der Waals surface area (Å²) in [4.78, 5) is 13.6. The van der Waals surface area contributed by atoms with Gasteiger partial charge >= 0.3 is 5.97 Å². The molecule has 0 spiro atoms. The van der Waals surface area contributed by atoms with Gasteiger partial charge in [0.15, 0.2) is 0 Å². The van der Waals surface area contributed by atoms with Crippen molar-refractivity contribution in [1.29, 1.82) is 0 Å². The number of aliphatic carboxylic acids is 1. The Morgan fingerprint density at radius 3 is 2.40 bits per heavy atom. The number of nitrogens with zero attached hydrogens (tertiary/aromatic N) is 1. The van der Waals surface area contributed by atoms with Crippen LogP contribution in [0.15, 0.2) is 48.5 Å². The molecule has 0 amide bonds. The molecule has 0 aromatic heterocycles. The van der Waals surface area contributed by atoms with Crippen LogP contribution in [0.2, 0.25) is 0 Å². The van der Waals surface area contributed by atoms with Gasteiger partial charge in [0.25, 0.3) is 0 Å². The van der Waals surface area contributed by atoms with Gasteiger partial charge in [-0.2, -0.15) is 0 Å². The molecule has 1 saturated heterocycles. The van der Waals surface area contributed by atoms with Crippen LogP contribution < -0.4 is 4.74 Å². The summed E-state index contributed by atoms with van der Waals surface area (Å²) in [5, 5.41) is 9.26. The van der Waals surface area contributed by atoms with E-state index in [2.05, 4.69) is 48.2 Å². The van der Waals surface area contributed by atoms with Gasteiger partial charge in [0.2, 0.25) is 0 Å². The summed E-state index contributed by atoms with van der Waals surface area (Å²) in [6, 6.07) is 16.9. The molecule has 25 heavy (non-hydrogen) atoms. The lowest BCUT2D eigenvalue weighted by molar-refractivity contribution is -0.143. The van der Waals surface area contributed by atoms with Gasteiger partial charge in [0.05, 0.1) is 19.1 Å². The number of carbonyl (C=O) groups is 1. The SMILES string of the molecule is COc1cccc(C(c2ccc(C)cc2)N2CCC(C(=O)O)CC2)c1. The monoisotopic (exact) mass is 339 g/mol. The van der Waals surface area contributed by atoms with Crippen LogP contribution in [0.3, 0.4) is 0 Å². The van der Waals surface area contributed by atoms with Crippen LogP contribution in [0, 0.1) is 12.8 Å². The van der Waals surface area contributed by atoms with Gasteiger partial charge in [0, 0.05) is 0 Å². The van der Waals surface area contributed by atoms with E-state index in [1.807, 2.05) is 12.1 Å². The Balaban J connectivity index is 1.92. The van der Waals surface area contributed by atoms with Crippen LogP contribution in [-0.4, -0.2) is 36.2 Å². The summed E-state index contributed by atoms with van der Waals surface area (Å²) in [7, 11) is 1.68. The Hall–Kier alpha value is -2.33. The second-order valence-electron chi connectivity index (χ2n) is 6.74. The molecule has 1 N–H and O–H groups in total. The Kier molecular flexibility index (Phi) is 5.39. The smallest absolute Gasteiger partial charge is 0.306 e. The first-order chi connectivity index (χ1) is 12.1. The molecule has 4 nitrogen and oxygen atoms in total. The largest absolute Gasteiger partial charge is 0.497 e. The van der Waals surface area contributed by atoms with Crippen molar-refractivity contribution >= 4 is 5.97 Å². The van der Waals surface area contributed by atoms with E-state index in [0.29, 0.717) is 12.8 Å². The van der Waals surface area contributed by atoms with E-state index in [1.165, 1.54) is 16.7 Å². The van der Waals surface area contributed by atoms with Crippen molar-refractivity contribution in [2.24, 2.45) is 5.92 Å². The fraction of sp³-hybridized carbons (Fsp3) is 0.381. The average molecular weight is 339 g/mol. The van der Waals surface area contributed by atoms with E-state index in [0.717, 1.165) is 18.8 Å².